The first-order valence-corrected chi connectivity index (χ1v) is 7.43. The quantitative estimate of drug-likeness (QED) is 0.786. The summed E-state index contributed by atoms with van der Waals surface area (Å²) in [6.45, 7) is 4.31. The van der Waals surface area contributed by atoms with Gasteiger partial charge < -0.3 is 9.73 Å². The fraction of sp³-hybridized carbons (Fsp3) is 0.235. The minimum Gasteiger partial charge on any atom is -0.464 e. The summed E-state index contributed by atoms with van der Waals surface area (Å²) in [5.41, 5.74) is 1.39. The maximum Gasteiger partial charge on any atom is 0.274 e. The van der Waals surface area contributed by atoms with Crippen LogP contribution >= 0.6 is 0 Å². The second-order valence-electron chi connectivity index (χ2n) is 5.43. The Balaban J connectivity index is 1.64. The van der Waals surface area contributed by atoms with Crippen molar-refractivity contribution in [3.63, 3.8) is 0 Å². The van der Waals surface area contributed by atoms with E-state index in [1.165, 1.54) is 0 Å². The minimum atomic E-state index is -0.272. The predicted octanol–water partition coefficient (Wildman–Crippen LogP) is 2.72. The van der Waals surface area contributed by atoms with Crippen molar-refractivity contribution in [2.24, 2.45) is 0 Å². The average molecular weight is 310 g/mol. The second-order valence-corrected chi connectivity index (χ2v) is 5.43. The van der Waals surface area contributed by atoms with Gasteiger partial charge in [0.05, 0.1) is 18.8 Å². The molecule has 6 nitrogen and oxygen atoms in total. The molecule has 118 valence electrons. The lowest BCUT2D eigenvalue weighted by Gasteiger charge is -2.09. The molecule has 3 rings (SSSR count). The summed E-state index contributed by atoms with van der Waals surface area (Å²) in [6.07, 6.45) is 1.64. The number of amides is 1. The van der Waals surface area contributed by atoms with Crippen LogP contribution in [-0.4, -0.2) is 20.9 Å². The van der Waals surface area contributed by atoms with Gasteiger partial charge in [-0.15, -0.1) is 5.10 Å². The molecular formula is C17H18N4O2. The van der Waals surface area contributed by atoms with E-state index in [1.807, 2.05) is 56.3 Å². The molecule has 0 fully saturated rings. The fourth-order valence-electron chi connectivity index (χ4n) is 2.28. The first kappa shape index (κ1) is 15.0. The van der Waals surface area contributed by atoms with Crippen molar-refractivity contribution in [1.29, 1.82) is 0 Å². The number of nitrogens with zero attached hydrogens (tertiary/aromatic N) is 3. The highest BCUT2D eigenvalue weighted by Gasteiger charge is 2.16. The summed E-state index contributed by atoms with van der Waals surface area (Å²) in [5.74, 6) is 1.26. The van der Waals surface area contributed by atoms with Crippen LogP contribution in [0, 0.1) is 6.92 Å². The molecule has 0 bridgehead atoms. The predicted molar refractivity (Wildman–Crippen MR) is 84.9 cm³/mol. The van der Waals surface area contributed by atoms with Gasteiger partial charge in [0.15, 0.2) is 5.69 Å². The zero-order valence-corrected chi connectivity index (χ0v) is 13.1. The summed E-state index contributed by atoms with van der Waals surface area (Å²) in [5, 5.41) is 10.8. The van der Waals surface area contributed by atoms with E-state index in [0.29, 0.717) is 12.3 Å². The molecule has 0 aliphatic carbocycles. The molecule has 2 aromatic heterocycles. The summed E-state index contributed by atoms with van der Waals surface area (Å²) in [4.78, 5) is 12.2. The van der Waals surface area contributed by atoms with E-state index in [2.05, 4.69) is 15.6 Å². The molecule has 2 heterocycles. The molecule has 23 heavy (non-hydrogen) atoms. The number of aryl methyl sites for hydroxylation is 1. The van der Waals surface area contributed by atoms with Crippen molar-refractivity contribution < 1.29 is 9.21 Å². The number of nitrogens with one attached hydrogen (secondary N) is 1. The van der Waals surface area contributed by atoms with E-state index in [4.69, 9.17) is 4.42 Å². The van der Waals surface area contributed by atoms with E-state index in [0.717, 1.165) is 11.3 Å². The van der Waals surface area contributed by atoms with E-state index in [-0.39, 0.29) is 17.6 Å². The van der Waals surface area contributed by atoms with Gasteiger partial charge >= 0.3 is 0 Å². The Bertz CT molecular complexity index is 792. The maximum atomic E-state index is 12.2. The third kappa shape index (κ3) is 3.66. The third-order valence-corrected chi connectivity index (χ3v) is 3.49. The molecule has 1 aromatic carbocycles. The number of hydrogen-bond donors (Lipinski definition) is 1. The van der Waals surface area contributed by atoms with Crippen LogP contribution in [0.1, 0.15) is 40.5 Å². The Morgan fingerprint density at radius 3 is 2.74 bits per heavy atom. The van der Waals surface area contributed by atoms with Crippen LogP contribution in [-0.2, 0) is 6.54 Å². The molecule has 0 spiro atoms. The first-order chi connectivity index (χ1) is 11.1. The molecule has 0 aliphatic rings. The van der Waals surface area contributed by atoms with Crippen molar-refractivity contribution in [3.05, 3.63) is 71.4 Å². The maximum absolute atomic E-state index is 12.2. The number of hydrogen-bond acceptors (Lipinski definition) is 4. The van der Waals surface area contributed by atoms with Crippen molar-refractivity contribution in [2.75, 3.05) is 0 Å². The SMILES string of the molecule is Cc1ccc(C(C)NC(=O)c2cn(Cc3ccccc3)nn2)o1. The van der Waals surface area contributed by atoms with Crippen LogP contribution in [0.4, 0.5) is 0 Å². The van der Waals surface area contributed by atoms with Gasteiger partial charge in [-0.3, -0.25) is 4.79 Å². The lowest BCUT2D eigenvalue weighted by Crippen LogP contribution is -2.26. The van der Waals surface area contributed by atoms with Crippen LogP contribution in [0.25, 0.3) is 0 Å². The molecule has 6 heteroatoms. The summed E-state index contributed by atoms with van der Waals surface area (Å²) >= 11 is 0. The van der Waals surface area contributed by atoms with E-state index in [9.17, 15) is 4.79 Å². The van der Waals surface area contributed by atoms with Crippen molar-refractivity contribution in [2.45, 2.75) is 26.4 Å². The number of aromatic nitrogens is 3. The molecule has 3 aromatic rings. The van der Waals surface area contributed by atoms with E-state index >= 15 is 0 Å². The number of benzene rings is 1. The zero-order valence-electron chi connectivity index (χ0n) is 13.1. The molecule has 1 N–H and O–H groups in total. The Hall–Kier alpha value is -2.89. The highest BCUT2D eigenvalue weighted by Crippen LogP contribution is 2.15. The van der Waals surface area contributed by atoms with Gasteiger partial charge in [-0.2, -0.15) is 0 Å². The Kier molecular flexibility index (Phi) is 4.23. The lowest BCUT2D eigenvalue weighted by atomic mass is 10.2. The average Bonchev–Trinajstić information content (AvgIpc) is 3.17. The molecule has 0 aliphatic heterocycles. The van der Waals surface area contributed by atoms with Crippen LogP contribution in [0.5, 0.6) is 0 Å². The molecule has 0 saturated carbocycles. The Labute approximate surface area is 134 Å². The molecule has 1 amide bonds. The van der Waals surface area contributed by atoms with Crippen molar-refractivity contribution in [1.82, 2.24) is 20.3 Å². The fourth-order valence-corrected chi connectivity index (χ4v) is 2.28. The summed E-state index contributed by atoms with van der Waals surface area (Å²) in [7, 11) is 0. The monoisotopic (exact) mass is 310 g/mol. The standard InChI is InChI=1S/C17H18N4O2/c1-12-8-9-16(23-12)13(2)18-17(22)15-11-21(20-19-15)10-14-6-4-3-5-7-14/h3-9,11,13H,10H2,1-2H3,(H,18,22). The third-order valence-electron chi connectivity index (χ3n) is 3.49. The molecule has 0 saturated heterocycles. The summed E-state index contributed by atoms with van der Waals surface area (Å²) < 4.78 is 7.16. The highest BCUT2D eigenvalue weighted by atomic mass is 16.3. The zero-order chi connectivity index (χ0) is 16.2. The van der Waals surface area contributed by atoms with Crippen LogP contribution in [0.15, 0.2) is 53.1 Å². The van der Waals surface area contributed by atoms with Gasteiger partial charge in [-0.05, 0) is 31.5 Å². The number of rotatable bonds is 5. The Morgan fingerprint density at radius 1 is 1.26 bits per heavy atom. The molecule has 1 unspecified atom stereocenters. The molecule has 0 radical (unpaired) electrons. The van der Waals surface area contributed by atoms with Crippen LogP contribution < -0.4 is 5.32 Å². The molecule has 1 atom stereocenters. The van der Waals surface area contributed by atoms with Gasteiger partial charge in [0.25, 0.3) is 5.91 Å². The van der Waals surface area contributed by atoms with E-state index < -0.39 is 0 Å². The number of furan rings is 1. The number of carbonyl (C=O) groups excluding carboxylic acids is 1. The number of carbonyl (C=O) groups is 1. The van der Waals surface area contributed by atoms with Gasteiger partial charge in [0.1, 0.15) is 11.5 Å². The summed E-state index contributed by atoms with van der Waals surface area (Å²) in [6, 6.07) is 13.4. The van der Waals surface area contributed by atoms with E-state index in [1.54, 1.807) is 10.9 Å². The van der Waals surface area contributed by atoms with Gasteiger partial charge in [-0.1, -0.05) is 35.5 Å². The highest BCUT2D eigenvalue weighted by molar-refractivity contribution is 5.92. The largest absolute Gasteiger partial charge is 0.464 e. The minimum absolute atomic E-state index is 0.226. The van der Waals surface area contributed by atoms with Crippen LogP contribution in [0.3, 0.4) is 0 Å². The van der Waals surface area contributed by atoms with Crippen LogP contribution in [0.2, 0.25) is 0 Å². The van der Waals surface area contributed by atoms with Crippen molar-refractivity contribution in [3.8, 4) is 0 Å². The lowest BCUT2D eigenvalue weighted by molar-refractivity contribution is 0.0930. The Morgan fingerprint density at radius 2 is 2.04 bits per heavy atom. The first-order valence-electron chi connectivity index (χ1n) is 7.43. The molecular weight excluding hydrogens is 292 g/mol. The normalized spacial score (nSPS) is 12.1. The topological polar surface area (TPSA) is 73.0 Å². The van der Waals surface area contributed by atoms with Crippen molar-refractivity contribution >= 4 is 5.91 Å². The van der Waals surface area contributed by atoms with Gasteiger partial charge in [-0.25, -0.2) is 4.68 Å². The van der Waals surface area contributed by atoms with Gasteiger partial charge in [0, 0.05) is 0 Å². The van der Waals surface area contributed by atoms with Gasteiger partial charge in [0.2, 0.25) is 0 Å². The second kappa shape index (κ2) is 6.48. The smallest absolute Gasteiger partial charge is 0.274 e.